The SMILES string of the molecule is COc1ccc(C)cc1NS(=O)(=O)CC12CCC(CC1=O)C2(C)C. The van der Waals surface area contributed by atoms with Crippen molar-refractivity contribution >= 4 is 21.5 Å². The van der Waals surface area contributed by atoms with Crippen molar-refractivity contribution in [2.24, 2.45) is 16.7 Å². The third kappa shape index (κ3) is 2.51. The zero-order chi connectivity index (χ0) is 17.8. The Bertz CT molecular complexity index is 784. The number of rotatable bonds is 5. The molecule has 0 aliphatic heterocycles. The summed E-state index contributed by atoms with van der Waals surface area (Å²) in [5, 5.41) is 0. The van der Waals surface area contributed by atoms with E-state index in [1.807, 2.05) is 26.8 Å². The van der Waals surface area contributed by atoms with E-state index in [4.69, 9.17) is 4.74 Å². The highest BCUT2D eigenvalue weighted by atomic mass is 32.2. The number of sulfonamides is 1. The van der Waals surface area contributed by atoms with Crippen molar-refractivity contribution < 1.29 is 17.9 Å². The van der Waals surface area contributed by atoms with Gasteiger partial charge in [-0.25, -0.2) is 8.42 Å². The zero-order valence-electron chi connectivity index (χ0n) is 14.7. The van der Waals surface area contributed by atoms with Crippen molar-refractivity contribution in [3.63, 3.8) is 0 Å². The molecule has 2 atom stereocenters. The normalized spacial score (nSPS) is 28.2. The molecule has 6 heteroatoms. The minimum atomic E-state index is -3.67. The number of nitrogens with one attached hydrogen (secondary N) is 1. The van der Waals surface area contributed by atoms with Crippen LogP contribution in [0.3, 0.4) is 0 Å². The number of hydrogen-bond donors (Lipinski definition) is 1. The average Bonchev–Trinajstić information content (AvgIpc) is 2.80. The van der Waals surface area contributed by atoms with Gasteiger partial charge in [-0.1, -0.05) is 19.9 Å². The highest BCUT2D eigenvalue weighted by Crippen LogP contribution is 2.64. The minimum Gasteiger partial charge on any atom is -0.495 e. The van der Waals surface area contributed by atoms with Crippen LogP contribution in [0.1, 0.15) is 38.7 Å². The third-order valence-corrected chi connectivity index (χ3v) is 7.60. The zero-order valence-corrected chi connectivity index (χ0v) is 15.5. The number of ether oxygens (including phenoxy) is 1. The molecular formula is C18H25NO4S. The molecule has 0 radical (unpaired) electrons. The Morgan fingerprint density at radius 2 is 2.04 bits per heavy atom. The number of Topliss-reactive ketones (excluding diaryl/α,β-unsaturated/α-hetero) is 1. The molecule has 2 saturated carbocycles. The maximum absolute atomic E-state index is 12.8. The number of carbonyl (C=O) groups is 1. The van der Waals surface area contributed by atoms with Crippen molar-refractivity contribution in [2.75, 3.05) is 17.6 Å². The molecule has 5 nitrogen and oxygen atoms in total. The van der Waals surface area contributed by atoms with Crippen LogP contribution in [-0.4, -0.2) is 27.1 Å². The Labute approximate surface area is 143 Å². The van der Waals surface area contributed by atoms with Gasteiger partial charge < -0.3 is 4.74 Å². The first-order chi connectivity index (χ1) is 11.1. The second-order valence-corrected chi connectivity index (χ2v) is 9.45. The number of hydrogen-bond acceptors (Lipinski definition) is 4. The van der Waals surface area contributed by atoms with Gasteiger partial charge in [0, 0.05) is 6.42 Å². The van der Waals surface area contributed by atoms with E-state index in [0.717, 1.165) is 12.0 Å². The maximum Gasteiger partial charge on any atom is 0.233 e. The number of methoxy groups -OCH3 is 1. The molecule has 0 amide bonds. The van der Waals surface area contributed by atoms with Gasteiger partial charge in [-0.3, -0.25) is 9.52 Å². The summed E-state index contributed by atoms with van der Waals surface area (Å²) in [6.07, 6.45) is 2.10. The summed E-state index contributed by atoms with van der Waals surface area (Å²) in [5.41, 5.74) is 0.326. The van der Waals surface area contributed by atoms with Crippen LogP contribution in [0.2, 0.25) is 0 Å². The molecule has 0 saturated heterocycles. The molecule has 3 rings (SSSR count). The molecule has 24 heavy (non-hydrogen) atoms. The minimum absolute atomic E-state index is 0.102. The van der Waals surface area contributed by atoms with Crippen LogP contribution in [0.5, 0.6) is 5.75 Å². The fraction of sp³-hybridized carbons (Fsp3) is 0.611. The second-order valence-electron chi connectivity index (χ2n) is 7.73. The van der Waals surface area contributed by atoms with Crippen molar-refractivity contribution in [1.82, 2.24) is 0 Å². The first-order valence-corrected chi connectivity index (χ1v) is 9.95. The third-order valence-electron chi connectivity index (χ3n) is 6.20. The number of aryl methyl sites for hydroxylation is 1. The monoisotopic (exact) mass is 351 g/mol. The van der Waals surface area contributed by atoms with E-state index in [1.165, 1.54) is 7.11 Å². The first-order valence-electron chi connectivity index (χ1n) is 8.30. The summed E-state index contributed by atoms with van der Waals surface area (Å²) in [6.45, 7) is 5.97. The number of ketones is 1. The molecule has 1 N–H and O–H groups in total. The van der Waals surface area contributed by atoms with Crippen LogP contribution in [0, 0.1) is 23.7 Å². The molecule has 2 aliphatic rings. The van der Waals surface area contributed by atoms with E-state index >= 15 is 0 Å². The quantitative estimate of drug-likeness (QED) is 0.884. The lowest BCUT2D eigenvalue weighted by Crippen LogP contribution is -2.43. The van der Waals surface area contributed by atoms with E-state index in [2.05, 4.69) is 4.72 Å². The van der Waals surface area contributed by atoms with Crippen LogP contribution in [0.25, 0.3) is 0 Å². The number of benzene rings is 1. The van der Waals surface area contributed by atoms with E-state index in [9.17, 15) is 13.2 Å². The number of anilines is 1. The summed E-state index contributed by atoms with van der Waals surface area (Å²) in [4.78, 5) is 12.6. The highest BCUT2D eigenvalue weighted by molar-refractivity contribution is 7.92. The molecule has 2 bridgehead atoms. The van der Waals surface area contributed by atoms with E-state index in [0.29, 0.717) is 30.2 Å². The molecular weight excluding hydrogens is 326 g/mol. The van der Waals surface area contributed by atoms with Gasteiger partial charge in [0.15, 0.2) is 0 Å². The van der Waals surface area contributed by atoms with Crippen LogP contribution in [0.15, 0.2) is 18.2 Å². The van der Waals surface area contributed by atoms with Gasteiger partial charge in [0.05, 0.1) is 24.0 Å². The largest absolute Gasteiger partial charge is 0.495 e. The molecule has 2 unspecified atom stereocenters. The van der Waals surface area contributed by atoms with Crippen molar-refractivity contribution in [2.45, 2.75) is 40.0 Å². The average molecular weight is 351 g/mol. The van der Waals surface area contributed by atoms with Gasteiger partial charge in [-0.15, -0.1) is 0 Å². The number of fused-ring (bicyclic) bond motifs is 2. The molecule has 0 aromatic heterocycles. The lowest BCUT2D eigenvalue weighted by molar-refractivity contribution is -0.128. The summed E-state index contributed by atoms with van der Waals surface area (Å²) >= 11 is 0. The highest BCUT2D eigenvalue weighted by Gasteiger charge is 2.65. The summed E-state index contributed by atoms with van der Waals surface area (Å²) in [7, 11) is -2.16. The smallest absolute Gasteiger partial charge is 0.233 e. The fourth-order valence-corrected chi connectivity index (χ4v) is 6.43. The van der Waals surface area contributed by atoms with E-state index in [1.54, 1.807) is 12.1 Å². The maximum atomic E-state index is 12.8. The topological polar surface area (TPSA) is 72.5 Å². The first kappa shape index (κ1) is 17.3. The van der Waals surface area contributed by atoms with Gasteiger partial charge in [-0.05, 0) is 48.8 Å². The van der Waals surface area contributed by atoms with Gasteiger partial charge in [0.1, 0.15) is 11.5 Å². The van der Waals surface area contributed by atoms with Crippen molar-refractivity contribution in [3.05, 3.63) is 23.8 Å². The van der Waals surface area contributed by atoms with Crippen LogP contribution in [-0.2, 0) is 14.8 Å². The lowest BCUT2D eigenvalue weighted by atomic mass is 9.70. The molecule has 0 heterocycles. The van der Waals surface area contributed by atoms with E-state index in [-0.39, 0.29) is 17.0 Å². The fourth-order valence-electron chi connectivity index (χ4n) is 4.54. The van der Waals surface area contributed by atoms with Crippen molar-refractivity contribution in [3.8, 4) is 5.75 Å². The molecule has 1 aromatic carbocycles. The molecule has 132 valence electrons. The molecule has 2 fully saturated rings. The van der Waals surface area contributed by atoms with Gasteiger partial charge >= 0.3 is 0 Å². The Morgan fingerprint density at radius 1 is 1.33 bits per heavy atom. The summed E-state index contributed by atoms with van der Waals surface area (Å²) in [5.74, 6) is 0.724. The second kappa shape index (κ2) is 5.48. The Hall–Kier alpha value is -1.56. The van der Waals surface area contributed by atoms with Crippen LogP contribution < -0.4 is 9.46 Å². The molecule has 1 aromatic rings. The predicted octanol–water partition coefficient (Wildman–Crippen LogP) is 3.14. The van der Waals surface area contributed by atoms with Crippen LogP contribution in [0.4, 0.5) is 5.69 Å². The number of carbonyl (C=O) groups excluding carboxylic acids is 1. The molecule has 2 aliphatic carbocycles. The molecule has 0 spiro atoms. The van der Waals surface area contributed by atoms with Gasteiger partial charge in [0.25, 0.3) is 0 Å². The Balaban J connectivity index is 1.90. The Morgan fingerprint density at radius 3 is 2.58 bits per heavy atom. The lowest BCUT2D eigenvalue weighted by Gasteiger charge is -2.36. The standard InChI is InChI=1S/C18H25NO4S/c1-12-5-6-15(23-4)14(9-12)19-24(21,22)11-18-8-7-13(10-16(18)20)17(18,2)3/h5-6,9,13,19H,7-8,10-11H2,1-4H3. The summed E-state index contributed by atoms with van der Waals surface area (Å²) < 4.78 is 33.5. The Kier molecular flexibility index (Phi) is 3.94. The predicted molar refractivity (Wildman–Crippen MR) is 93.7 cm³/mol. The summed E-state index contributed by atoms with van der Waals surface area (Å²) in [6, 6.07) is 5.34. The van der Waals surface area contributed by atoms with E-state index < -0.39 is 15.4 Å². The van der Waals surface area contributed by atoms with Crippen LogP contribution >= 0.6 is 0 Å². The van der Waals surface area contributed by atoms with Crippen molar-refractivity contribution in [1.29, 1.82) is 0 Å². The van der Waals surface area contributed by atoms with Gasteiger partial charge in [-0.2, -0.15) is 0 Å². The van der Waals surface area contributed by atoms with Gasteiger partial charge in [0.2, 0.25) is 10.0 Å².